The Hall–Kier alpha value is -1.39. The van der Waals surface area contributed by atoms with Gasteiger partial charge in [-0.25, -0.2) is 0 Å². The second-order valence-corrected chi connectivity index (χ2v) is 5.68. The highest BCUT2D eigenvalue weighted by Gasteiger charge is 2.35. The number of carbonyl (C=O) groups is 1. The van der Waals surface area contributed by atoms with Crippen molar-refractivity contribution >= 4 is 5.91 Å². The third-order valence-corrected chi connectivity index (χ3v) is 4.31. The highest BCUT2D eigenvalue weighted by molar-refractivity contribution is 5.78. The van der Waals surface area contributed by atoms with Gasteiger partial charge in [-0.15, -0.1) is 0 Å². The Morgan fingerprint density at radius 1 is 1.30 bits per heavy atom. The molecule has 108 valence electrons. The number of carbonyl (C=O) groups excluding carboxylic acids is 1. The fourth-order valence-corrected chi connectivity index (χ4v) is 3.18. The van der Waals surface area contributed by atoms with Crippen LogP contribution in [-0.4, -0.2) is 31.2 Å². The summed E-state index contributed by atoms with van der Waals surface area (Å²) in [6, 6.07) is 10.4. The van der Waals surface area contributed by atoms with E-state index in [2.05, 4.69) is 10.6 Å². The molecule has 4 nitrogen and oxygen atoms in total. The zero-order chi connectivity index (χ0) is 13.8. The summed E-state index contributed by atoms with van der Waals surface area (Å²) in [4.78, 5) is 12.3. The van der Waals surface area contributed by atoms with Crippen LogP contribution in [0.1, 0.15) is 24.8 Å². The van der Waals surface area contributed by atoms with Crippen LogP contribution in [0.4, 0.5) is 0 Å². The van der Waals surface area contributed by atoms with Gasteiger partial charge in [0.15, 0.2) is 0 Å². The van der Waals surface area contributed by atoms with E-state index < -0.39 is 0 Å². The lowest BCUT2D eigenvalue weighted by Gasteiger charge is -2.39. The molecule has 1 aromatic rings. The molecule has 2 N–H and O–H groups in total. The van der Waals surface area contributed by atoms with Crippen molar-refractivity contribution in [3.05, 3.63) is 35.9 Å². The highest BCUT2D eigenvalue weighted by Crippen LogP contribution is 2.28. The van der Waals surface area contributed by atoms with Gasteiger partial charge < -0.3 is 15.4 Å². The molecule has 3 atom stereocenters. The molecule has 1 saturated heterocycles. The van der Waals surface area contributed by atoms with Crippen LogP contribution in [-0.2, 0) is 16.1 Å². The summed E-state index contributed by atoms with van der Waals surface area (Å²) in [5, 5.41) is 6.53. The molecule has 1 amide bonds. The first-order valence-corrected chi connectivity index (χ1v) is 7.49. The minimum Gasteiger partial charge on any atom is -0.375 e. The third-order valence-electron chi connectivity index (χ3n) is 4.31. The first-order chi connectivity index (χ1) is 9.83. The predicted molar refractivity (Wildman–Crippen MR) is 77.2 cm³/mol. The highest BCUT2D eigenvalue weighted by atomic mass is 16.5. The lowest BCUT2D eigenvalue weighted by Crippen LogP contribution is -2.53. The number of morpholine rings is 1. The van der Waals surface area contributed by atoms with Gasteiger partial charge in [-0.1, -0.05) is 30.3 Å². The lowest BCUT2D eigenvalue weighted by atomic mass is 9.82. The Kier molecular flexibility index (Phi) is 4.33. The number of amides is 1. The third kappa shape index (κ3) is 3.19. The molecule has 1 aliphatic heterocycles. The largest absolute Gasteiger partial charge is 0.375 e. The molecule has 1 aliphatic carbocycles. The Morgan fingerprint density at radius 3 is 3.00 bits per heavy atom. The quantitative estimate of drug-likeness (QED) is 0.877. The van der Waals surface area contributed by atoms with E-state index in [4.69, 9.17) is 4.74 Å². The van der Waals surface area contributed by atoms with Crippen molar-refractivity contribution in [3.63, 3.8) is 0 Å². The zero-order valence-electron chi connectivity index (χ0n) is 11.7. The van der Waals surface area contributed by atoms with Crippen LogP contribution in [0.5, 0.6) is 0 Å². The zero-order valence-corrected chi connectivity index (χ0v) is 11.7. The van der Waals surface area contributed by atoms with Gasteiger partial charge in [-0.2, -0.15) is 0 Å². The Balaban J connectivity index is 1.50. The Labute approximate surface area is 119 Å². The molecule has 1 heterocycles. The van der Waals surface area contributed by atoms with Crippen molar-refractivity contribution in [1.29, 1.82) is 0 Å². The Morgan fingerprint density at radius 2 is 2.15 bits per heavy atom. The Bertz CT molecular complexity index is 449. The van der Waals surface area contributed by atoms with E-state index in [0.29, 0.717) is 18.7 Å². The van der Waals surface area contributed by atoms with Gasteiger partial charge in [-0.05, 0) is 24.8 Å². The van der Waals surface area contributed by atoms with Crippen molar-refractivity contribution in [2.75, 3.05) is 13.2 Å². The monoisotopic (exact) mass is 274 g/mol. The minimum absolute atomic E-state index is 0.120. The van der Waals surface area contributed by atoms with Gasteiger partial charge in [0.1, 0.15) is 0 Å². The predicted octanol–water partition coefficient (Wildman–Crippen LogP) is 1.46. The van der Waals surface area contributed by atoms with Crippen LogP contribution in [0, 0.1) is 5.92 Å². The van der Waals surface area contributed by atoms with E-state index in [0.717, 1.165) is 38.0 Å². The molecule has 2 aliphatic rings. The number of nitrogens with one attached hydrogen (secondary N) is 2. The topological polar surface area (TPSA) is 50.4 Å². The SMILES string of the molecule is O=C(NCc1ccccc1)[C@H]1CC[C@H]2OCCN[C@@H]2C1. The van der Waals surface area contributed by atoms with Crippen molar-refractivity contribution in [2.24, 2.45) is 5.92 Å². The average Bonchev–Trinajstić information content (AvgIpc) is 2.53. The van der Waals surface area contributed by atoms with Crippen LogP contribution >= 0.6 is 0 Å². The maximum Gasteiger partial charge on any atom is 0.223 e. The number of hydrogen-bond acceptors (Lipinski definition) is 3. The normalized spacial score (nSPS) is 29.5. The smallest absolute Gasteiger partial charge is 0.223 e. The minimum atomic E-state index is 0.120. The maximum absolute atomic E-state index is 12.3. The van der Waals surface area contributed by atoms with Gasteiger partial charge >= 0.3 is 0 Å². The van der Waals surface area contributed by atoms with Gasteiger partial charge in [0.2, 0.25) is 5.91 Å². The summed E-state index contributed by atoms with van der Waals surface area (Å²) in [5.74, 6) is 0.300. The molecule has 2 fully saturated rings. The summed E-state index contributed by atoms with van der Waals surface area (Å²) in [6.07, 6.45) is 3.12. The van der Waals surface area contributed by atoms with Crippen molar-refractivity contribution in [3.8, 4) is 0 Å². The number of fused-ring (bicyclic) bond motifs is 1. The van der Waals surface area contributed by atoms with E-state index in [1.807, 2.05) is 30.3 Å². The summed E-state index contributed by atoms with van der Waals surface area (Å²) < 4.78 is 5.75. The average molecular weight is 274 g/mol. The van der Waals surface area contributed by atoms with Crippen LogP contribution in [0.15, 0.2) is 30.3 Å². The molecule has 20 heavy (non-hydrogen) atoms. The van der Waals surface area contributed by atoms with Crippen LogP contribution in [0.3, 0.4) is 0 Å². The van der Waals surface area contributed by atoms with Gasteiger partial charge in [0.05, 0.1) is 12.7 Å². The van der Waals surface area contributed by atoms with Gasteiger partial charge in [-0.3, -0.25) is 4.79 Å². The molecular formula is C16H22N2O2. The number of ether oxygens (including phenoxy) is 1. The first-order valence-electron chi connectivity index (χ1n) is 7.49. The molecular weight excluding hydrogens is 252 g/mol. The molecule has 1 saturated carbocycles. The number of benzene rings is 1. The molecule has 0 unspecified atom stereocenters. The fourth-order valence-electron chi connectivity index (χ4n) is 3.18. The van der Waals surface area contributed by atoms with Crippen LogP contribution in [0.2, 0.25) is 0 Å². The van der Waals surface area contributed by atoms with Crippen LogP contribution < -0.4 is 10.6 Å². The first kappa shape index (κ1) is 13.6. The summed E-state index contributed by atoms with van der Waals surface area (Å²) in [6.45, 7) is 2.32. The molecule has 0 aromatic heterocycles. The summed E-state index contributed by atoms with van der Waals surface area (Å²) in [7, 11) is 0. The van der Waals surface area contributed by atoms with Crippen molar-refractivity contribution in [1.82, 2.24) is 10.6 Å². The van der Waals surface area contributed by atoms with E-state index in [9.17, 15) is 4.79 Å². The molecule has 0 spiro atoms. The van der Waals surface area contributed by atoms with Crippen molar-refractivity contribution in [2.45, 2.75) is 38.0 Å². The molecule has 3 rings (SSSR count). The summed E-state index contributed by atoms with van der Waals surface area (Å²) in [5.41, 5.74) is 1.15. The standard InChI is InChI=1S/C16H22N2O2/c19-16(18-11-12-4-2-1-3-5-12)13-6-7-15-14(10-13)17-8-9-20-15/h1-5,13-15,17H,6-11H2,(H,18,19)/t13-,14+,15+/m0/s1. The van der Waals surface area contributed by atoms with E-state index >= 15 is 0 Å². The second kappa shape index (κ2) is 6.37. The fraction of sp³-hybridized carbons (Fsp3) is 0.562. The number of rotatable bonds is 3. The summed E-state index contributed by atoms with van der Waals surface area (Å²) >= 11 is 0. The van der Waals surface area contributed by atoms with E-state index in [1.165, 1.54) is 0 Å². The second-order valence-electron chi connectivity index (χ2n) is 5.68. The molecule has 0 radical (unpaired) electrons. The molecule has 1 aromatic carbocycles. The van der Waals surface area contributed by atoms with Crippen LogP contribution in [0.25, 0.3) is 0 Å². The molecule has 4 heteroatoms. The van der Waals surface area contributed by atoms with Crippen molar-refractivity contribution < 1.29 is 9.53 Å². The van der Waals surface area contributed by atoms with E-state index in [1.54, 1.807) is 0 Å². The number of hydrogen-bond donors (Lipinski definition) is 2. The van der Waals surface area contributed by atoms with Gasteiger partial charge in [0, 0.05) is 25.0 Å². The lowest BCUT2D eigenvalue weighted by molar-refractivity contribution is -0.128. The van der Waals surface area contributed by atoms with Gasteiger partial charge in [0.25, 0.3) is 0 Å². The molecule has 0 bridgehead atoms. The van der Waals surface area contributed by atoms with E-state index in [-0.39, 0.29) is 11.8 Å². The maximum atomic E-state index is 12.3.